The topological polar surface area (TPSA) is 242 Å². The summed E-state index contributed by atoms with van der Waals surface area (Å²) in [5.74, 6) is -1.00. The summed E-state index contributed by atoms with van der Waals surface area (Å²) in [6, 6.07) is 11.7. The van der Waals surface area contributed by atoms with Gasteiger partial charge in [-0.1, -0.05) is 18.2 Å². The van der Waals surface area contributed by atoms with Crippen molar-refractivity contribution < 1.29 is 31.0 Å². The number of nitrogens with one attached hydrogen (secondary N) is 2. The van der Waals surface area contributed by atoms with Gasteiger partial charge in [-0.15, -0.1) is 10.2 Å². The van der Waals surface area contributed by atoms with Crippen LogP contribution >= 0.6 is 11.6 Å². The number of hydrogen-bond donors (Lipinski definition) is 6. The summed E-state index contributed by atoms with van der Waals surface area (Å²) < 4.78 is 64.7. The fourth-order valence-corrected chi connectivity index (χ4v) is 4.53. The standard InChI is InChI=1S/C21H19ClN8O7S2/c22-19-26-20(24-8-9-38(32,33)34)28-21(27-19)25-12-5-7-14(16(10-12)39(35,36)37)29-30-18-13(23)6-4-11-2-1-3-15(31)17(11)18/h1-7,10,31H,8-9,23H2,(H,32,33,34)(H,35,36,37)(H2,24,25,26,27,28). The van der Waals surface area contributed by atoms with E-state index >= 15 is 0 Å². The Balaban J connectivity index is 1.65. The fourth-order valence-electron chi connectivity index (χ4n) is 3.36. The Morgan fingerprint density at radius 2 is 1.69 bits per heavy atom. The van der Waals surface area contributed by atoms with Crippen LogP contribution in [-0.2, 0) is 20.2 Å². The number of fused-ring (bicyclic) bond motifs is 1. The van der Waals surface area contributed by atoms with Crippen LogP contribution in [0.3, 0.4) is 0 Å². The van der Waals surface area contributed by atoms with E-state index in [4.69, 9.17) is 21.9 Å². The molecule has 7 N–H and O–H groups in total. The van der Waals surface area contributed by atoms with Crippen molar-refractivity contribution in [1.82, 2.24) is 15.0 Å². The molecule has 0 spiro atoms. The number of rotatable bonds is 9. The molecular formula is C21H19ClN8O7S2. The molecule has 3 aromatic carbocycles. The Kier molecular flexibility index (Phi) is 7.79. The predicted octanol–water partition coefficient (Wildman–Crippen LogP) is 3.67. The number of nitrogen functional groups attached to an aromatic ring is 1. The Bertz CT molecular complexity index is 1820. The average Bonchev–Trinajstić information content (AvgIpc) is 2.82. The molecule has 1 heterocycles. The summed E-state index contributed by atoms with van der Waals surface area (Å²) in [5, 5.41) is 24.2. The molecule has 39 heavy (non-hydrogen) atoms. The van der Waals surface area contributed by atoms with E-state index in [9.17, 15) is 26.5 Å². The number of aromatic nitrogens is 3. The number of phenolic OH excluding ortho intramolecular Hbond substituents is 1. The van der Waals surface area contributed by atoms with Gasteiger partial charge in [0, 0.05) is 12.2 Å². The molecule has 0 atom stereocenters. The molecule has 204 valence electrons. The monoisotopic (exact) mass is 594 g/mol. The summed E-state index contributed by atoms with van der Waals surface area (Å²) in [4.78, 5) is 11.0. The van der Waals surface area contributed by atoms with E-state index in [2.05, 4.69) is 35.8 Å². The normalized spacial score (nSPS) is 12.2. The van der Waals surface area contributed by atoms with Crippen molar-refractivity contribution >= 4 is 77.3 Å². The number of aromatic hydroxyl groups is 1. The van der Waals surface area contributed by atoms with Crippen LogP contribution in [0.25, 0.3) is 10.8 Å². The van der Waals surface area contributed by atoms with Crippen LogP contribution in [0.2, 0.25) is 5.28 Å². The van der Waals surface area contributed by atoms with Crippen molar-refractivity contribution in [2.45, 2.75) is 4.90 Å². The summed E-state index contributed by atoms with van der Waals surface area (Å²) in [5.41, 5.74) is 6.14. The van der Waals surface area contributed by atoms with E-state index < -0.39 is 30.9 Å². The van der Waals surface area contributed by atoms with E-state index in [-0.39, 0.29) is 52.2 Å². The third kappa shape index (κ3) is 7.03. The highest BCUT2D eigenvalue weighted by Gasteiger charge is 2.18. The zero-order chi connectivity index (χ0) is 28.4. The first-order valence-corrected chi connectivity index (χ1v) is 14.1. The number of hydrogen-bond acceptors (Lipinski definition) is 13. The minimum absolute atomic E-state index is 0.0926. The molecule has 15 nitrogen and oxygen atoms in total. The summed E-state index contributed by atoms with van der Waals surface area (Å²) in [7, 11) is -9.03. The highest BCUT2D eigenvalue weighted by Crippen LogP contribution is 2.39. The van der Waals surface area contributed by atoms with Gasteiger partial charge in [0.05, 0.1) is 16.8 Å². The lowest BCUT2D eigenvalue weighted by atomic mass is 10.1. The molecule has 0 fully saturated rings. The number of nitrogens with two attached hydrogens (primary N) is 1. The van der Waals surface area contributed by atoms with Gasteiger partial charge < -0.3 is 21.5 Å². The van der Waals surface area contributed by atoms with Gasteiger partial charge in [-0.2, -0.15) is 31.8 Å². The first kappa shape index (κ1) is 27.9. The molecule has 0 aliphatic heterocycles. The van der Waals surface area contributed by atoms with Crippen LogP contribution in [0.4, 0.5) is 34.6 Å². The maximum atomic E-state index is 12.1. The minimum Gasteiger partial charge on any atom is -0.507 e. The molecule has 0 saturated carbocycles. The van der Waals surface area contributed by atoms with Crippen molar-refractivity contribution in [2.75, 3.05) is 28.7 Å². The van der Waals surface area contributed by atoms with Gasteiger partial charge in [0.2, 0.25) is 17.2 Å². The van der Waals surface area contributed by atoms with Crippen LogP contribution in [0.15, 0.2) is 63.7 Å². The van der Waals surface area contributed by atoms with Crippen LogP contribution in [-0.4, -0.2) is 58.3 Å². The van der Waals surface area contributed by atoms with Crippen molar-refractivity contribution in [1.29, 1.82) is 0 Å². The number of phenols is 1. The molecule has 18 heteroatoms. The van der Waals surface area contributed by atoms with Crippen LogP contribution in [0.1, 0.15) is 0 Å². The van der Waals surface area contributed by atoms with Crippen LogP contribution in [0, 0.1) is 0 Å². The quantitative estimate of drug-likeness (QED) is 0.0920. The second-order valence-corrected chi connectivity index (χ2v) is 11.1. The third-order valence-corrected chi connectivity index (χ3v) is 6.80. The molecule has 0 bridgehead atoms. The van der Waals surface area contributed by atoms with Gasteiger partial charge in [0.25, 0.3) is 20.2 Å². The van der Waals surface area contributed by atoms with Crippen molar-refractivity contribution in [3.63, 3.8) is 0 Å². The third-order valence-electron chi connectivity index (χ3n) is 5.03. The Labute approximate surface area is 226 Å². The first-order chi connectivity index (χ1) is 18.3. The largest absolute Gasteiger partial charge is 0.507 e. The molecule has 4 aromatic rings. The molecule has 4 rings (SSSR count). The lowest BCUT2D eigenvalue weighted by Gasteiger charge is -2.10. The minimum atomic E-state index is -4.80. The molecule has 0 amide bonds. The zero-order valence-corrected chi connectivity index (χ0v) is 21.9. The van der Waals surface area contributed by atoms with Gasteiger partial charge in [0.15, 0.2) is 0 Å². The Morgan fingerprint density at radius 1 is 0.949 bits per heavy atom. The molecular weight excluding hydrogens is 576 g/mol. The number of halogens is 1. The van der Waals surface area contributed by atoms with Crippen molar-refractivity contribution in [2.24, 2.45) is 10.2 Å². The van der Waals surface area contributed by atoms with E-state index in [1.807, 2.05) is 0 Å². The predicted molar refractivity (Wildman–Crippen MR) is 143 cm³/mol. The lowest BCUT2D eigenvalue weighted by Crippen LogP contribution is -2.16. The maximum Gasteiger partial charge on any atom is 0.296 e. The molecule has 1 aromatic heterocycles. The molecule has 0 unspecified atom stereocenters. The summed E-state index contributed by atoms with van der Waals surface area (Å²) in [6.07, 6.45) is 0. The van der Waals surface area contributed by atoms with Crippen molar-refractivity contribution in [3.05, 3.63) is 53.8 Å². The molecule has 0 saturated heterocycles. The second kappa shape index (κ2) is 10.9. The fraction of sp³-hybridized carbons (Fsp3) is 0.0952. The highest BCUT2D eigenvalue weighted by molar-refractivity contribution is 7.86. The first-order valence-electron chi connectivity index (χ1n) is 10.7. The zero-order valence-electron chi connectivity index (χ0n) is 19.5. The Morgan fingerprint density at radius 3 is 2.41 bits per heavy atom. The van der Waals surface area contributed by atoms with E-state index in [1.54, 1.807) is 24.3 Å². The van der Waals surface area contributed by atoms with Gasteiger partial charge in [-0.3, -0.25) is 9.11 Å². The Hall–Kier alpha value is -4.16. The smallest absolute Gasteiger partial charge is 0.296 e. The van der Waals surface area contributed by atoms with E-state index in [0.717, 1.165) is 6.07 Å². The van der Waals surface area contributed by atoms with Crippen LogP contribution < -0.4 is 16.4 Å². The van der Waals surface area contributed by atoms with Crippen LogP contribution in [0.5, 0.6) is 5.75 Å². The van der Waals surface area contributed by atoms with E-state index in [1.165, 1.54) is 18.2 Å². The molecule has 0 aliphatic rings. The maximum absolute atomic E-state index is 12.1. The SMILES string of the molecule is Nc1ccc2cccc(O)c2c1N=Nc1ccc(Nc2nc(Cl)nc(NCCS(=O)(=O)O)n2)cc1S(=O)(=O)O. The van der Waals surface area contributed by atoms with Gasteiger partial charge in [-0.25, -0.2) is 0 Å². The van der Waals surface area contributed by atoms with Gasteiger partial charge in [-0.05, 0) is 47.3 Å². The number of benzene rings is 3. The number of anilines is 4. The summed E-state index contributed by atoms with van der Waals surface area (Å²) >= 11 is 5.88. The molecule has 0 radical (unpaired) electrons. The van der Waals surface area contributed by atoms with Crippen molar-refractivity contribution in [3.8, 4) is 5.75 Å². The van der Waals surface area contributed by atoms with Gasteiger partial charge >= 0.3 is 0 Å². The summed E-state index contributed by atoms with van der Waals surface area (Å²) in [6.45, 7) is -0.232. The average molecular weight is 595 g/mol. The second-order valence-electron chi connectivity index (χ2n) is 7.83. The highest BCUT2D eigenvalue weighted by atomic mass is 35.5. The number of nitrogens with zero attached hydrogens (tertiary/aromatic N) is 5. The molecule has 0 aliphatic carbocycles. The van der Waals surface area contributed by atoms with E-state index in [0.29, 0.717) is 10.8 Å². The van der Waals surface area contributed by atoms with Gasteiger partial charge in [0.1, 0.15) is 22.0 Å². The lowest BCUT2D eigenvalue weighted by molar-refractivity contribution is 0.481. The number of azo groups is 1.